The number of rotatable bonds is 3. The molecule has 21 heavy (non-hydrogen) atoms. The van der Waals surface area contributed by atoms with Gasteiger partial charge in [-0.3, -0.25) is 4.79 Å². The SMILES string of the molecule is Cc1cc(NC(=O)C2CCCC2O)nn1-c1ccccc1. The minimum Gasteiger partial charge on any atom is -0.392 e. The molecule has 1 aromatic carbocycles. The van der Waals surface area contributed by atoms with Crippen molar-refractivity contribution in [1.82, 2.24) is 9.78 Å². The summed E-state index contributed by atoms with van der Waals surface area (Å²) in [5.74, 6) is 0.0744. The molecular formula is C16H19N3O2. The van der Waals surface area contributed by atoms with Gasteiger partial charge in [0.15, 0.2) is 5.82 Å². The topological polar surface area (TPSA) is 67.2 Å². The molecule has 3 rings (SSSR count). The number of nitrogens with zero attached hydrogens (tertiary/aromatic N) is 2. The lowest BCUT2D eigenvalue weighted by Crippen LogP contribution is -2.28. The molecule has 1 amide bonds. The fourth-order valence-corrected chi connectivity index (χ4v) is 2.83. The molecule has 2 unspecified atom stereocenters. The van der Waals surface area contributed by atoms with E-state index in [1.807, 2.05) is 43.3 Å². The van der Waals surface area contributed by atoms with Crippen LogP contribution in [0.15, 0.2) is 36.4 Å². The van der Waals surface area contributed by atoms with E-state index in [2.05, 4.69) is 10.4 Å². The lowest BCUT2D eigenvalue weighted by molar-refractivity contribution is -0.122. The van der Waals surface area contributed by atoms with E-state index in [9.17, 15) is 9.90 Å². The minimum atomic E-state index is -0.526. The molecule has 2 atom stereocenters. The van der Waals surface area contributed by atoms with Gasteiger partial charge in [-0.1, -0.05) is 18.2 Å². The van der Waals surface area contributed by atoms with Crippen LogP contribution in [0.2, 0.25) is 0 Å². The fourth-order valence-electron chi connectivity index (χ4n) is 2.83. The molecule has 0 aliphatic heterocycles. The number of carbonyl (C=O) groups is 1. The molecule has 5 heteroatoms. The normalized spacial score (nSPS) is 21.4. The highest BCUT2D eigenvalue weighted by atomic mass is 16.3. The molecule has 1 aliphatic carbocycles. The van der Waals surface area contributed by atoms with Crippen LogP contribution >= 0.6 is 0 Å². The van der Waals surface area contributed by atoms with Crippen molar-refractivity contribution in [3.63, 3.8) is 0 Å². The molecule has 1 aromatic heterocycles. The number of hydrogen-bond donors (Lipinski definition) is 2. The van der Waals surface area contributed by atoms with Crippen LogP contribution in [-0.2, 0) is 4.79 Å². The van der Waals surface area contributed by atoms with Crippen molar-refractivity contribution in [1.29, 1.82) is 0 Å². The minimum absolute atomic E-state index is 0.141. The Morgan fingerprint density at radius 1 is 1.33 bits per heavy atom. The van der Waals surface area contributed by atoms with Gasteiger partial charge in [-0.25, -0.2) is 4.68 Å². The Bertz CT molecular complexity index is 636. The molecule has 1 aliphatic rings. The Morgan fingerprint density at radius 3 is 2.76 bits per heavy atom. The van der Waals surface area contributed by atoms with E-state index >= 15 is 0 Å². The number of aliphatic hydroxyl groups excluding tert-OH is 1. The molecule has 2 N–H and O–H groups in total. The first-order valence-electron chi connectivity index (χ1n) is 7.26. The molecule has 0 bridgehead atoms. The summed E-state index contributed by atoms with van der Waals surface area (Å²) < 4.78 is 1.79. The number of nitrogens with one attached hydrogen (secondary N) is 1. The van der Waals surface area contributed by atoms with Crippen LogP contribution < -0.4 is 5.32 Å². The third kappa shape index (κ3) is 2.83. The zero-order chi connectivity index (χ0) is 14.8. The maximum absolute atomic E-state index is 12.2. The molecule has 0 radical (unpaired) electrons. The first-order chi connectivity index (χ1) is 10.1. The first kappa shape index (κ1) is 13.8. The lowest BCUT2D eigenvalue weighted by atomic mass is 10.1. The second-order valence-electron chi connectivity index (χ2n) is 5.51. The molecule has 1 saturated carbocycles. The highest BCUT2D eigenvalue weighted by Crippen LogP contribution is 2.26. The maximum Gasteiger partial charge on any atom is 0.231 e. The summed E-state index contributed by atoms with van der Waals surface area (Å²) in [5, 5.41) is 17.0. The van der Waals surface area contributed by atoms with E-state index < -0.39 is 6.10 Å². The number of benzene rings is 1. The molecular weight excluding hydrogens is 266 g/mol. The zero-order valence-corrected chi connectivity index (χ0v) is 12.0. The number of hydrogen-bond acceptors (Lipinski definition) is 3. The molecule has 1 fully saturated rings. The number of amides is 1. The van der Waals surface area contributed by atoms with Crippen LogP contribution in [0.1, 0.15) is 25.0 Å². The highest BCUT2D eigenvalue weighted by molar-refractivity contribution is 5.92. The highest BCUT2D eigenvalue weighted by Gasteiger charge is 2.31. The number of aromatic nitrogens is 2. The van der Waals surface area contributed by atoms with Crippen molar-refractivity contribution in [2.45, 2.75) is 32.3 Å². The van der Waals surface area contributed by atoms with Crippen LogP contribution in [0.4, 0.5) is 5.82 Å². The molecule has 1 heterocycles. The van der Waals surface area contributed by atoms with E-state index in [0.717, 1.165) is 24.2 Å². The summed E-state index contributed by atoms with van der Waals surface area (Å²) in [7, 11) is 0. The van der Waals surface area contributed by atoms with Crippen molar-refractivity contribution >= 4 is 11.7 Å². The van der Waals surface area contributed by atoms with Gasteiger partial charge >= 0.3 is 0 Å². The second-order valence-corrected chi connectivity index (χ2v) is 5.51. The summed E-state index contributed by atoms with van der Waals surface area (Å²) in [6.07, 6.45) is 1.82. The van der Waals surface area contributed by atoms with Gasteiger partial charge in [0.2, 0.25) is 5.91 Å². The quantitative estimate of drug-likeness (QED) is 0.909. The molecule has 0 saturated heterocycles. The second kappa shape index (κ2) is 5.69. The van der Waals surface area contributed by atoms with Crippen LogP contribution in [0.3, 0.4) is 0 Å². The van der Waals surface area contributed by atoms with Gasteiger partial charge in [0.25, 0.3) is 0 Å². The predicted molar refractivity (Wildman–Crippen MR) is 80.3 cm³/mol. The van der Waals surface area contributed by atoms with Crippen LogP contribution in [0.25, 0.3) is 5.69 Å². The van der Waals surface area contributed by atoms with Gasteiger partial charge < -0.3 is 10.4 Å². The summed E-state index contributed by atoms with van der Waals surface area (Å²) in [6, 6.07) is 11.6. The zero-order valence-electron chi connectivity index (χ0n) is 12.0. The van der Waals surface area contributed by atoms with Crippen molar-refractivity contribution < 1.29 is 9.90 Å². The third-order valence-electron chi connectivity index (χ3n) is 3.96. The summed E-state index contributed by atoms with van der Waals surface area (Å²) in [5.41, 5.74) is 1.90. The summed E-state index contributed by atoms with van der Waals surface area (Å²) >= 11 is 0. The maximum atomic E-state index is 12.2. The van der Waals surface area contributed by atoms with E-state index in [4.69, 9.17) is 0 Å². The van der Waals surface area contributed by atoms with Gasteiger partial charge in [-0.15, -0.1) is 5.10 Å². The molecule has 110 valence electrons. The Labute approximate surface area is 123 Å². The number of aliphatic hydroxyl groups is 1. The van der Waals surface area contributed by atoms with E-state index in [-0.39, 0.29) is 11.8 Å². The van der Waals surface area contributed by atoms with Crippen LogP contribution in [-0.4, -0.2) is 26.9 Å². The monoisotopic (exact) mass is 285 g/mol. The Kier molecular flexibility index (Phi) is 3.75. The predicted octanol–water partition coefficient (Wildman–Crippen LogP) is 2.28. The average Bonchev–Trinajstić information content (AvgIpc) is 3.06. The van der Waals surface area contributed by atoms with E-state index in [0.29, 0.717) is 12.2 Å². The standard InChI is InChI=1S/C16H19N3O2/c1-11-10-15(17-16(21)13-8-5-9-14(13)20)18-19(11)12-6-3-2-4-7-12/h2-4,6-7,10,13-14,20H,5,8-9H2,1H3,(H,17,18,21). The first-order valence-corrected chi connectivity index (χ1v) is 7.26. The molecule has 2 aromatic rings. The van der Waals surface area contributed by atoms with Crippen molar-refractivity contribution in [2.24, 2.45) is 5.92 Å². The molecule has 0 spiro atoms. The number of para-hydroxylation sites is 1. The largest absolute Gasteiger partial charge is 0.392 e. The Morgan fingerprint density at radius 2 is 2.10 bits per heavy atom. The summed E-state index contributed by atoms with van der Waals surface area (Å²) in [4.78, 5) is 12.2. The van der Waals surface area contributed by atoms with Gasteiger partial charge in [-0.05, 0) is 38.3 Å². The lowest BCUT2D eigenvalue weighted by Gasteiger charge is -2.12. The molecule has 5 nitrogen and oxygen atoms in total. The van der Waals surface area contributed by atoms with Crippen LogP contribution in [0.5, 0.6) is 0 Å². The Hall–Kier alpha value is -2.14. The van der Waals surface area contributed by atoms with E-state index in [1.165, 1.54) is 0 Å². The smallest absolute Gasteiger partial charge is 0.231 e. The van der Waals surface area contributed by atoms with Gasteiger partial charge in [0.1, 0.15) is 0 Å². The Balaban J connectivity index is 1.77. The van der Waals surface area contributed by atoms with Gasteiger partial charge in [0.05, 0.1) is 17.7 Å². The van der Waals surface area contributed by atoms with Crippen molar-refractivity contribution in [3.8, 4) is 5.69 Å². The fraction of sp³-hybridized carbons (Fsp3) is 0.375. The summed E-state index contributed by atoms with van der Waals surface area (Å²) in [6.45, 7) is 1.94. The van der Waals surface area contributed by atoms with Crippen molar-refractivity contribution in [3.05, 3.63) is 42.1 Å². The number of aryl methyl sites for hydroxylation is 1. The van der Waals surface area contributed by atoms with E-state index in [1.54, 1.807) is 4.68 Å². The average molecular weight is 285 g/mol. The van der Waals surface area contributed by atoms with Crippen LogP contribution in [0, 0.1) is 12.8 Å². The van der Waals surface area contributed by atoms with Crippen molar-refractivity contribution in [2.75, 3.05) is 5.32 Å². The number of anilines is 1. The number of carbonyl (C=O) groups excluding carboxylic acids is 1. The third-order valence-corrected chi connectivity index (χ3v) is 3.96. The van der Waals surface area contributed by atoms with Gasteiger partial charge in [0, 0.05) is 11.8 Å². The van der Waals surface area contributed by atoms with Gasteiger partial charge in [-0.2, -0.15) is 0 Å².